The monoisotopic (exact) mass is 497 g/mol. The van der Waals surface area contributed by atoms with E-state index >= 15 is 0 Å². The average Bonchev–Trinajstić information content (AvgIpc) is 2.82. The molecule has 0 aromatic heterocycles. The molecule has 35 heavy (non-hydrogen) atoms. The van der Waals surface area contributed by atoms with Crippen LogP contribution in [0.1, 0.15) is 18.9 Å². The molecular weight excluding hydrogens is 473 g/mol. The molecule has 1 aliphatic rings. The van der Waals surface area contributed by atoms with E-state index in [2.05, 4.69) is 10.0 Å². The highest BCUT2D eigenvalue weighted by atomic mass is 32.2. The SMILES string of the molecule is Cc1ccc(NC(=O)CCN2C(=O)C(C)Oc3ccccc32)cc1S(=O)(=O)Nc1ccccc1F. The van der Waals surface area contributed by atoms with Gasteiger partial charge in [0.2, 0.25) is 5.91 Å². The Kier molecular flexibility index (Phi) is 6.74. The third kappa shape index (κ3) is 5.27. The van der Waals surface area contributed by atoms with E-state index in [1.807, 2.05) is 0 Å². The van der Waals surface area contributed by atoms with E-state index in [1.54, 1.807) is 50.2 Å². The lowest BCUT2D eigenvalue weighted by molar-refractivity contribution is -0.125. The first-order valence-corrected chi connectivity index (χ1v) is 12.4. The van der Waals surface area contributed by atoms with Crippen molar-refractivity contribution in [3.8, 4) is 5.75 Å². The second-order valence-corrected chi connectivity index (χ2v) is 9.73. The van der Waals surface area contributed by atoms with Crippen molar-refractivity contribution in [3.63, 3.8) is 0 Å². The highest BCUT2D eigenvalue weighted by Gasteiger charge is 2.31. The normalized spacial score (nSPS) is 15.2. The van der Waals surface area contributed by atoms with Gasteiger partial charge in [-0.3, -0.25) is 14.3 Å². The summed E-state index contributed by atoms with van der Waals surface area (Å²) in [6.07, 6.45) is -0.685. The molecule has 0 bridgehead atoms. The highest BCUT2D eigenvalue weighted by molar-refractivity contribution is 7.92. The van der Waals surface area contributed by atoms with Crippen LogP contribution in [0.2, 0.25) is 0 Å². The van der Waals surface area contributed by atoms with Gasteiger partial charge >= 0.3 is 0 Å². The number of fused-ring (bicyclic) bond motifs is 1. The van der Waals surface area contributed by atoms with Crippen LogP contribution in [0, 0.1) is 12.7 Å². The fourth-order valence-corrected chi connectivity index (χ4v) is 5.08. The number of ether oxygens (including phenoxy) is 1. The molecular formula is C25H24FN3O5S. The van der Waals surface area contributed by atoms with Gasteiger partial charge in [-0.05, 0) is 55.8 Å². The van der Waals surface area contributed by atoms with E-state index < -0.39 is 27.9 Å². The molecule has 2 N–H and O–H groups in total. The summed E-state index contributed by atoms with van der Waals surface area (Å²) in [7, 11) is -4.11. The van der Waals surface area contributed by atoms with E-state index in [-0.39, 0.29) is 35.1 Å². The van der Waals surface area contributed by atoms with Gasteiger partial charge in [-0.25, -0.2) is 12.8 Å². The first-order chi connectivity index (χ1) is 16.7. The molecule has 0 fully saturated rings. The van der Waals surface area contributed by atoms with E-state index in [0.29, 0.717) is 17.0 Å². The minimum absolute atomic E-state index is 0.0176. The van der Waals surface area contributed by atoms with Gasteiger partial charge in [0, 0.05) is 18.7 Å². The minimum Gasteiger partial charge on any atom is -0.479 e. The largest absolute Gasteiger partial charge is 0.479 e. The Labute approximate surface area is 202 Å². The van der Waals surface area contributed by atoms with Crippen molar-refractivity contribution in [3.05, 3.63) is 78.1 Å². The number of nitrogens with zero attached hydrogens (tertiary/aromatic N) is 1. The summed E-state index contributed by atoms with van der Waals surface area (Å²) < 4.78 is 47.6. The zero-order valence-electron chi connectivity index (χ0n) is 19.1. The number of aryl methyl sites for hydroxylation is 1. The maximum absolute atomic E-state index is 14.0. The number of benzene rings is 3. The number of amides is 2. The summed E-state index contributed by atoms with van der Waals surface area (Å²) in [5.41, 5.74) is 1.10. The Balaban J connectivity index is 1.47. The minimum atomic E-state index is -4.11. The zero-order valence-corrected chi connectivity index (χ0v) is 19.9. The van der Waals surface area contributed by atoms with Gasteiger partial charge in [0.15, 0.2) is 6.10 Å². The van der Waals surface area contributed by atoms with Crippen molar-refractivity contribution in [1.82, 2.24) is 0 Å². The topological polar surface area (TPSA) is 105 Å². The first-order valence-electron chi connectivity index (χ1n) is 10.9. The Hall–Kier alpha value is -3.92. The number of para-hydroxylation sites is 3. The number of carbonyl (C=O) groups is 2. The van der Waals surface area contributed by atoms with E-state index in [4.69, 9.17) is 4.74 Å². The maximum atomic E-state index is 14.0. The van der Waals surface area contributed by atoms with Crippen molar-refractivity contribution in [1.29, 1.82) is 0 Å². The molecule has 1 heterocycles. The predicted molar refractivity (Wildman–Crippen MR) is 131 cm³/mol. The molecule has 0 saturated carbocycles. The molecule has 0 saturated heterocycles. The number of hydrogen-bond donors (Lipinski definition) is 2. The van der Waals surface area contributed by atoms with Crippen LogP contribution in [0.4, 0.5) is 21.5 Å². The molecule has 1 aliphatic heterocycles. The molecule has 1 atom stereocenters. The number of sulfonamides is 1. The van der Waals surface area contributed by atoms with Crippen molar-refractivity contribution in [2.75, 3.05) is 21.5 Å². The van der Waals surface area contributed by atoms with Crippen LogP contribution in [0.3, 0.4) is 0 Å². The van der Waals surface area contributed by atoms with E-state index in [9.17, 15) is 22.4 Å². The molecule has 182 valence electrons. The van der Waals surface area contributed by atoms with Crippen LogP contribution in [-0.4, -0.2) is 32.9 Å². The number of hydrogen-bond acceptors (Lipinski definition) is 5. The van der Waals surface area contributed by atoms with Gasteiger partial charge in [0.1, 0.15) is 11.6 Å². The summed E-state index contributed by atoms with van der Waals surface area (Å²) in [4.78, 5) is 26.6. The second-order valence-electron chi connectivity index (χ2n) is 8.08. The van der Waals surface area contributed by atoms with Gasteiger partial charge in [-0.2, -0.15) is 0 Å². The average molecular weight is 498 g/mol. The van der Waals surface area contributed by atoms with Gasteiger partial charge in [-0.15, -0.1) is 0 Å². The molecule has 1 unspecified atom stereocenters. The molecule has 0 spiro atoms. The third-order valence-electron chi connectivity index (χ3n) is 5.52. The van der Waals surface area contributed by atoms with Crippen molar-refractivity contribution in [2.45, 2.75) is 31.3 Å². The van der Waals surface area contributed by atoms with Crippen LogP contribution in [0.5, 0.6) is 5.75 Å². The van der Waals surface area contributed by atoms with Gasteiger partial charge < -0.3 is 15.0 Å². The third-order valence-corrected chi connectivity index (χ3v) is 7.02. The molecule has 2 amide bonds. The fraction of sp³-hybridized carbons (Fsp3) is 0.200. The molecule has 4 rings (SSSR count). The van der Waals surface area contributed by atoms with Gasteiger partial charge in [-0.1, -0.05) is 30.3 Å². The molecule has 0 aliphatic carbocycles. The van der Waals surface area contributed by atoms with Crippen LogP contribution in [0.25, 0.3) is 0 Å². The fourth-order valence-electron chi connectivity index (χ4n) is 3.74. The summed E-state index contributed by atoms with van der Waals surface area (Å²) in [6, 6.07) is 17.0. The lowest BCUT2D eigenvalue weighted by Crippen LogP contribution is -2.45. The maximum Gasteiger partial charge on any atom is 0.267 e. The number of nitrogens with one attached hydrogen (secondary N) is 2. The molecule has 3 aromatic rings. The smallest absolute Gasteiger partial charge is 0.267 e. The Morgan fingerprint density at radius 3 is 2.57 bits per heavy atom. The van der Waals surface area contributed by atoms with Crippen LogP contribution in [0.15, 0.2) is 71.6 Å². The van der Waals surface area contributed by atoms with Crippen LogP contribution >= 0.6 is 0 Å². The quantitative estimate of drug-likeness (QED) is 0.512. The lowest BCUT2D eigenvalue weighted by atomic mass is 10.1. The second kappa shape index (κ2) is 9.75. The highest BCUT2D eigenvalue weighted by Crippen LogP contribution is 2.33. The summed E-state index contributed by atoms with van der Waals surface area (Å²) in [5.74, 6) is -0.786. The molecule has 0 radical (unpaired) electrons. The van der Waals surface area contributed by atoms with Crippen molar-refractivity contribution >= 4 is 38.9 Å². The Morgan fingerprint density at radius 1 is 1.09 bits per heavy atom. The number of rotatable bonds is 7. The summed E-state index contributed by atoms with van der Waals surface area (Å²) in [6.45, 7) is 3.38. The predicted octanol–water partition coefficient (Wildman–Crippen LogP) is 4.08. The van der Waals surface area contributed by atoms with E-state index in [0.717, 1.165) is 6.07 Å². The lowest BCUT2D eigenvalue weighted by Gasteiger charge is -2.32. The Morgan fingerprint density at radius 2 is 1.80 bits per heavy atom. The van der Waals surface area contributed by atoms with E-state index in [1.165, 1.54) is 29.2 Å². The first kappa shape index (κ1) is 24.2. The van der Waals surface area contributed by atoms with Gasteiger partial charge in [0.25, 0.3) is 15.9 Å². The standard InChI is InChI=1S/C25H24FN3O5S/c1-16-11-12-18(15-23(16)35(32,33)28-20-8-4-3-7-19(20)26)27-24(30)13-14-29-21-9-5-6-10-22(21)34-17(2)25(29)31/h3-12,15,17,28H,13-14H2,1-2H3,(H,27,30). The van der Waals surface area contributed by atoms with Crippen molar-refractivity contribution in [2.24, 2.45) is 0 Å². The molecule has 3 aromatic carbocycles. The summed E-state index contributed by atoms with van der Waals surface area (Å²) >= 11 is 0. The Bertz CT molecular complexity index is 1390. The number of anilines is 3. The summed E-state index contributed by atoms with van der Waals surface area (Å²) in [5, 5.41) is 2.67. The van der Waals surface area contributed by atoms with Crippen LogP contribution in [-0.2, 0) is 19.6 Å². The van der Waals surface area contributed by atoms with Crippen molar-refractivity contribution < 1.29 is 27.1 Å². The zero-order chi connectivity index (χ0) is 25.2. The van der Waals surface area contributed by atoms with Crippen LogP contribution < -0.4 is 19.7 Å². The molecule has 8 nitrogen and oxygen atoms in total. The molecule has 10 heteroatoms. The number of carbonyl (C=O) groups excluding carboxylic acids is 2. The van der Waals surface area contributed by atoms with Gasteiger partial charge in [0.05, 0.1) is 16.3 Å². The number of halogens is 1.